The van der Waals surface area contributed by atoms with Crippen LogP contribution in [0.3, 0.4) is 0 Å². The summed E-state index contributed by atoms with van der Waals surface area (Å²) in [6.07, 6.45) is 8.88. The first-order chi connectivity index (χ1) is 18.1. The molecule has 0 radical (unpaired) electrons. The molecule has 0 spiro atoms. The number of hydrogen-bond donors (Lipinski definition) is 2. The zero-order valence-electron chi connectivity index (χ0n) is 22.0. The number of rotatable bonds is 15. The van der Waals surface area contributed by atoms with Crippen LogP contribution < -0.4 is 24.4 Å². The Hall–Kier alpha value is -4.01. The third kappa shape index (κ3) is 7.99. The van der Waals surface area contributed by atoms with E-state index in [1.54, 1.807) is 18.2 Å². The first-order valence-corrected chi connectivity index (χ1v) is 12.5. The average molecular weight is 509 g/mol. The number of aromatic amines is 1. The lowest BCUT2D eigenvalue weighted by Crippen LogP contribution is -2.18. The molecule has 0 aliphatic heterocycles. The van der Waals surface area contributed by atoms with E-state index < -0.39 is 5.91 Å². The normalized spacial score (nSPS) is 10.9. The molecule has 37 heavy (non-hydrogen) atoms. The predicted octanol–water partition coefficient (Wildman–Crippen LogP) is 5.61. The van der Waals surface area contributed by atoms with Gasteiger partial charge in [0.25, 0.3) is 5.91 Å². The average Bonchev–Trinajstić information content (AvgIpc) is 3.43. The van der Waals surface area contributed by atoms with Gasteiger partial charge in [0.2, 0.25) is 5.75 Å². The summed E-state index contributed by atoms with van der Waals surface area (Å²) < 4.78 is 21.8. The van der Waals surface area contributed by atoms with E-state index in [4.69, 9.17) is 18.9 Å². The lowest BCUT2D eigenvalue weighted by atomic mass is 10.1. The van der Waals surface area contributed by atoms with Crippen molar-refractivity contribution in [3.63, 3.8) is 0 Å². The van der Waals surface area contributed by atoms with Gasteiger partial charge in [0.05, 0.1) is 39.8 Å². The predicted molar refractivity (Wildman–Crippen MR) is 144 cm³/mol. The van der Waals surface area contributed by atoms with Crippen LogP contribution in [0.5, 0.6) is 23.0 Å². The van der Waals surface area contributed by atoms with E-state index in [0.717, 1.165) is 24.3 Å². The number of hydrogen-bond acceptors (Lipinski definition) is 7. The Balaban J connectivity index is 1.52. The fraction of sp³-hybridized carbons (Fsp3) is 0.393. The van der Waals surface area contributed by atoms with Crippen molar-refractivity contribution in [1.29, 1.82) is 0 Å². The van der Waals surface area contributed by atoms with Crippen molar-refractivity contribution in [3.8, 4) is 34.3 Å². The van der Waals surface area contributed by atoms with Gasteiger partial charge in [-0.2, -0.15) is 10.2 Å². The van der Waals surface area contributed by atoms with Crippen molar-refractivity contribution >= 4 is 12.1 Å². The number of unbranched alkanes of at least 4 members (excludes halogenated alkanes) is 5. The molecule has 0 fully saturated rings. The van der Waals surface area contributed by atoms with E-state index in [1.807, 2.05) is 24.3 Å². The minimum Gasteiger partial charge on any atom is -0.494 e. The molecule has 0 bridgehead atoms. The van der Waals surface area contributed by atoms with E-state index >= 15 is 0 Å². The maximum atomic E-state index is 12.5. The van der Waals surface area contributed by atoms with Crippen LogP contribution in [-0.2, 0) is 0 Å². The number of aromatic nitrogens is 2. The third-order valence-corrected chi connectivity index (χ3v) is 5.81. The second kappa shape index (κ2) is 14.5. The highest BCUT2D eigenvalue weighted by molar-refractivity contribution is 5.94. The summed E-state index contributed by atoms with van der Waals surface area (Å²) in [5.41, 5.74) is 4.99. The first kappa shape index (κ1) is 27.6. The van der Waals surface area contributed by atoms with Crippen LogP contribution in [0.25, 0.3) is 11.3 Å². The number of nitrogens with zero attached hydrogens (tertiary/aromatic N) is 2. The molecule has 0 atom stereocenters. The van der Waals surface area contributed by atoms with Crippen LogP contribution in [0.15, 0.2) is 47.6 Å². The van der Waals surface area contributed by atoms with Gasteiger partial charge >= 0.3 is 0 Å². The highest BCUT2D eigenvalue weighted by Crippen LogP contribution is 2.37. The van der Waals surface area contributed by atoms with Crippen LogP contribution >= 0.6 is 0 Å². The van der Waals surface area contributed by atoms with Crippen molar-refractivity contribution in [3.05, 3.63) is 53.7 Å². The van der Waals surface area contributed by atoms with Gasteiger partial charge in [-0.15, -0.1) is 0 Å². The number of hydrazone groups is 1. The van der Waals surface area contributed by atoms with Crippen molar-refractivity contribution in [2.75, 3.05) is 27.9 Å². The summed E-state index contributed by atoms with van der Waals surface area (Å²) in [5, 5.41) is 11.0. The minimum atomic E-state index is -0.415. The molecule has 3 rings (SSSR count). The minimum absolute atomic E-state index is 0.292. The molecule has 1 amide bonds. The number of benzene rings is 2. The van der Waals surface area contributed by atoms with E-state index in [9.17, 15) is 4.79 Å². The van der Waals surface area contributed by atoms with Gasteiger partial charge in [-0.3, -0.25) is 9.89 Å². The highest BCUT2D eigenvalue weighted by Gasteiger charge is 2.13. The molecule has 0 aliphatic carbocycles. The monoisotopic (exact) mass is 508 g/mol. The maximum absolute atomic E-state index is 12.5. The molecule has 0 unspecified atom stereocenters. The Morgan fingerprint density at radius 2 is 1.62 bits per heavy atom. The molecule has 0 aliphatic rings. The highest BCUT2D eigenvalue weighted by atomic mass is 16.5. The van der Waals surface area contributed by atoms with Gasteiger partial charge in [-0.05, 0) is 48.9 Å². The topological polar surface area (TPSA) is 107 Å². The molecular weight excluding hydrogens is 472 g/mol. The van der Waals surface area contributed by atoms with Crippen LogP contribution in [0, 0.1) is 0 Å². The number of carbonyl (C=O) groups excluding carboxylic acids is 1. The lowest BCUT2D eigenvalue weighted by molar-refractivity contribution is 0.0950. The molecule has 2 N–H and O–H groups in total. The van der Waals surface area contributed by atoms with E-state index in [-0.39, 0.29) is 0 Å². The third-order valence-electron chi connectivity index (χ3n) is 5.81. The van der Waals surface area contributed by atoms with Gasteiger partial charge in [0.1, 0.15) is 11.4 Å². The lowest BCUT2D eigenvalue weighted by Gasteiger charge is -2.12. The van der Waals surface area contributed by atoms with Crippen LogP contribution in [-0.4, -0.2) is 50.3 Å². The number of nitrogens with one attached hydrogen (secondary N) is 2. The molecule has 1 aromatic heterocycles. The SMILES string of the molecule is CCCCCCCCOc1ccc(-c2cc(C(=O)NN=Cc3cc(OC)c(OC)c(OC)c3)[nH]n2)cc1. The Kier molecular flexibility index (Phi) is 10.8. The fourth-order valence-electron chi connectivity index (χ4n) is 3.78. The van der Waals surface area contributed by atoms with E-state index in [2.05, 4.69) is 27.6 Å². The van der Waals surface area contributed by atoms with Crippen molar-refractivity contribution < 1.29 is 23.7 Å². The molecule has 0 saturated heterocycles. The molecule has 1 heterocycles. The number of carbonyl (C=O) groups is 1. The van der Waals surface area contributed by atoms with Crippen LogP contribution in [0.2, 0.25) is 0 Å². The summed E-state index contributed by atoms with van der Waals surface area (Å²) >= 11 is 0. The number of methoxy groups -OCH3 is 3. The summed E-state index contributed by atoms with van der Waals surface area (Å²) in [7, 11) is 4.60. The van der Waals surface area contributed by atoms with Gasteiger partial charge in [-0.1, -0.05) is 39.0 Å². The Morgan fingerprint density at radius 1 is 0.946 bits per heavy atom. The smallest absolute Gasteiger partial charge is 0.289 e. The first-order valence-electron chi connectivity index (χ1n) is 12.5. The molecular formula is C28H36N4O5. The van der Waals surface area contributed by atoms with Gasteiger partial charge in [-0.25, -0.2) is 5.43 Å². The van der Waals surface area contributed by atoms with E-state index in [1.165, 1.54) is 59.6 Å². The van der Waals surface area contributed by atoms with Gasteiger partial charge in [0.15, 0.2) is 11.5 Å². The number of amides is 1. The summed E-state index contributed by atoms with van der Waals surface area (Å²) in [4.78, 5) is 12.5. The Labute approximate surface area is 218 Å². The second-order valence-corrected chi connectivity index (χ2v) is 8.47. The fourth-order valence-corrected chi connectivity index (χ4v) is 3.78. The van der Waals surface area contributed by atoms with Gasteiger partial charge < -0.3 is 18.9 Å². The quantitative estimate of drug-likeness (QED) is 0.157. The van der Waals surface area contributed by atoms with Crippen LogP contribution in [0.1, 0.15) is 61.5 Å². The molecule has 9 nitrogen and oxygen atoms in total. The van der Waals surface area contributed by atoms with E-state index in [0.29, 0.717) is 34.2 Å². The number of H-pyrrole nitrogens is 1. The Morgan fingerprint density at radius 3 is 2.27 bits per heavy atom. The summed E-state index contributed by atoms with van der Waals surface area (Å²) in [6, 6.07) is 12.8. The summed E-state index contributed by atoms with van der Waals surface area (Å²) in [6.45, 7) is 2.94. The number of ether oxygens (including phenoxy) is 4. The van der Waals surface area contributed by atoms with Crippen molar-refractivity contribution in [1.82, 2.24) is 15.6 Å². The Bertz CT molecular complexity index is 1130. The zero-order chi connectivity index (χ0) is 26.5. The van der Waals surface area contributed by atoms with Crippen molar-refractivity contribution in [2.24, 2.45) is 5.10 Å². The van der Waals surface area contributed by atoms with Gasteiger partial charge in [0, 0.05) is 11.1 Å². The maximum Gasteiger partial charge on any atom is 0.289 e. The molecule has 2 aromatic carbocycles. The van der Waals surface area contributed by atoms with Crippen LogP contribution in [0.4, 0.5) is 0 Å². The molecule has 9 heteroatoms. The molecule has 0 saturated carbocycles. The standard InChI is InChI=1S/C28H36N4O5/c1-5-6-7-8-9-10-15-37-22-13-11-21(12-14-22)23-18-24(31-30-23)28(33)32-29-19-20-16-25(34-2)27(36-4)26(17-20)35-3/h11-14,16-19H,5-10,15H2,1-4H3,(H,30,31)(H,32,33). The molecule has 198 valence electrons. The largest absolute Gasteiger partial charge is 0.494 e. The second-order valence-electron chi connectivity index (χ2n) is 8.47. The summed E-state index contributed by atoms with van der Waals surface area (Å²) in [5.74, 6) is 1.88. The zero-order valence-corrected chi connectivity index (χ0v) is 22.0. The van der Waals surface area contributed by atoms with Crippen molar-refractivity contribution in [2.45, 2.75) is 45.4 Å². The molecule has 3 aromatic rings.